The fourth-order valence-corrected chi connectivity index (χ4v) is 4.14. The lowest BCUT2D eigenvalue weighted by molar-refractivity contribution is -0.174. The van der Waals surface area contributed by atoms with Crippen molar-refractivity contribution < 1.29 is 34.0 Å². The van der Waals surface area contributed by atoms with Gasteiger partial charge in [-0.05, 0) is 53.4 Å². The minimum Gasteiger partial charge on any atom is -0.491 e. The van der Waals surface area contributed by atoms with E-state index in [0.29, 0.717) is 13.0 Å². The van der Waals surface area contributed by atoms with Crippen LogP contribution in [-0.2, 0) is 30.3 Å². The molecule has 0 saturated carbocycles. The first kappa shape index (κ1) is 23.7. The van der Waals surface area contributed by atoms with Gasteiger partial charge in [-0.1, -0.05) is 19.9 Å². The molecule has 8 heteroatoms. The summed E-state index contributed by atoms with van der Waals surface area (Å²) in [5.74, 6) is -0.630. The Balaban J connectivity index is 1.77. The average Bonchev–Trinajstić information content (AvgIpc) is 3.22. The van der Waals surface area contributed by atoms with Crippen molar-refractivity contribution in [2.75, 3.05) is 20.0 Å². The van der Waals surface area contributed by atoms with E-state index in [1.54, 1.807) is 11.3 Å². The van der Waals surface area contributed by atoms with Crippen molar-refractivity contribution in [2.24, 2.45) is 0 Å². The summed E-state index contributed by atoms with van der Waals surface area (Å²) in [5.41, 5.74) is -1.06. The first-order valence-electron chi connectivity index (χ1n) is 10.6. The molecule has 1 aromatic heterocycles. The van der Waals surface area contributed by atoms with Gasteiger partial charge in [-0.15, -0.1) is 11.3 Å². The molecule has 0 fully saturated rings. The molecule has 3 atom stereocenters. The minimum atomic E-state index is -1.98. The van der Waals surface area contributed by atoms with Crippen LogP contribution in [0.5, 0.6) is 0 Å². The number of rotatable bonds is 11. The Morgan fingerprint density at radius 3 is 2.81 bits per heavy atom. The number of fused-ring (bicyclic) bond motifs is 1. The molecule has 1 aliphatic rings. The van der Waals surface area contributed by atoms with Gasteiger partial charge in [-0.25, -0.2) is 4.79 Å². The number of carbonyl (C=O) groups is 1. The van der Waals surface area contributed by atoms with Crippen molar-refractivity contribution in [1.29, 1.82) is 0 Å². The number of hydrogen-bond acceptors (Lipinski definition) is 8. The topological polar surface area (TPSA) is 94.5 Å². The van der Waals surface area contributed by atoms with Gasteiger partial charge in [0.15, 0.2) is 5.60 Å². The number of aliphatic hydroxyl groups excluding tert-OH is 1. The lowest BCUT2D eigenvalue weighted by atomic mass is 9.86. The van der Waals surface area contributed by atoms with E-state index in [1.165, 1.54) is 10.8 Å². The first-order valence-corrected chi connectivity index (χ1v) is 11.4. The molecule has 0 spiro atoms. The molecule has 31 heavy (non-hydrogen) atoms. The van der Waals surface area contributed by atoms with E-state index in [-0.39, 0.29) is 32.2 Å². The van der Waals surface area contributed by atoms with Gasteiger partial charge < -0.3 is 29.2 Å². The highest BCUT2D eigenvalue weighted by atomic mass is 32.1. The smallest absolute Gasteiger partial charge is 0.342 e. The van der Waals surface area contributed by atoms with Crippen LogP contribution in [0.3, 0.4) is 0 Å². The van der Waals surface area contributed by atoms with Crippen LogP contribution in [0.25, 0.3) is 10.1 Å². The number of benzene rings is 1. The van der Waals surface area contributed by atoms with Gasteiger partial charge in [-0.3, -0.25) is 0 Å². The Morgan fingerprint density at radius 1 is 1.23 bits per heavy atom. The Hall–Kier alpha value is -1.97. The average molecular weight is 451 g/mol. The highest BCUT2D eigenvalue weighted by molar-refractivity contribution is 7.17. The maximum absolute atomic E-state index is 12.4. The number of aliphatic hydroxyl groups is 2. The third-order valence-corrected chi connectivity index (χ3v) is 5.82. The van der Waals surface area contributed by atoms with E-state index in [9.17, 15) is 15.0 Å². The second-order valence-corrected chi connectivity index (χ2v) is 8.52. The molecule has 7 nitrogen and oxygen atoms in total. The SMILES string of the molecule is CCCOCO[C@@H]1C(OCc2ccc3sccc3c2)=C[C@@](O)(C(=O)OCCC)C[C@H]1O. The maximum atomic E-state index is 12.4. The van der Waals surface area contributed by atoms with E-state index in [0.717, 1.165) is 17.4 Å². The molecule has 0 bridgehead atoms. The van der Waals surface area contributed by atoms with Crippen LogP contribution >= 0.6 is 11.3 Å². The molecule has 2 N–H and O–H groups in total. The Morgan fingerprint density at radius 2 is 2.03 bits per heavy atom. The monoisotopic (exact) mass is 450 g/mol. The van der Waals surface area contributed by atoms with Crippen LogP contribution < -0.4 is 0 Å². The predicted molar refractivity (Wildman–Crippen MR) is 118 cm³/mol. The van der Waals surface area contributed by atoms with E-state index in [1.807, 2.05) is 43.5 Å². The molecule has 1 aromatic carbocycles. The van der Waals surface area contributed by atoms with Crippen molar-refractivity contribution >= 4 is 27.4 Å². The molecule has 0 unspecified atom stereocenters. The Kier molecular flexibility index (Phi) is 8.45. The van der Waals surface area contributed by atoms with Gasteiger partial charge in [0.05, 0.1) is 12.7 Å². The Bertz CT molecular complexity index is 893. The van der Waals surface area contributed by atoms with Crippen LogP contribution in [0.1, 0.15) is 38.7 Å². The normalized spacial score (nSPS) is 23.5. The molecular formula is C23H30O7S. The lowest BCUT2D eigenvalue weighted by Crippen LogP contribution is -2.50. The molecule has 0 amide bonds. The van der Waals surface area contributed by atoms with E-state index in [2.05, 4.69) is 0 Å². The van der Waals surface area contributed by atoms with Crippen molar-refractivity contribution in [1.82, 2.24) is 0 Å². The molecule has 0 aliphatic heterocycles. The van der Waals surface area contributed by atoms with Crippen molar-refractivity contribution in [2.45, 2.75) is 57.5 Å². The minimum absolute atomic E-state index is 0.0319. The summed E-state index contributed by atoms with van der Waals surface area (Å²) in [6.45, 7) is 4.72. The van der Waals surface area contributed by atoms with Gasteiger partial charge in [0.2, 0.25) is 0 Å². The van der Waals surface area contributed by atoms with Crippen LogP contribution in [0.2, 0.25) is 0 Å². The molecule has 3 rings (SSSR count). The molecular weight excluding hydrogens is 420 g/mol. The first-order chi connectivity index (χ1) is 15.0. The maximum Gasteiger partial charge on any atom is 0.342 e. The molecule has 2 aromatic rings. The third-order valence-electron chi connectivity index (χ3n) is 4.92. The van der Waals surface area contributed by atoms with Crippen molar-refractivity contribution in [3.05, 3.63) is 47.0 Å². The van der Waals surface area contributed by atoms with Gasteiger partial charge in [0, 0.05) is 17.7 Å². The summed E-state index contributed by atoms with van der Waals surface area (Å²) >= 11 is 1.66. The summed E-state index contributed by atoms with van der Waals surface area (Å²) in [6.07, 6.45) is 0.490. The second kappa shape index (κ2) is 11.1. The Labute approximate surface area is 186 Å². The predicted octanol–water partition coefficient (Wildman–Crippen LogP) is 3.52. The zero-order valence-corrected chi connectivity index (χ0v) is 18.7. The van der Waals surface area contributed by atoms with Crippen LogP contribution in [0.15, 0.2) is 41.5 Å². The number of esters is 1. The molecule has 0 radical (unpaired) electrons. The summed E-state index contributed by atoms with van der Waals surface area (Å²) in [6, 6.07) is 8.04. The lowest BCUT2D eigenvalue weighted by Gasteiger charge is -2.36. The zero-order chi connectivity index (χ0) is 22.3. The number of ether oxygens (including phenoxy) is 4. The number of hydrogen-bond donors (Lipinski definition) is 2. The molecule has 0 saturated heterocycles. The van der Waals surface area contributed by atoms with Crippen molar-refractivity contribution in [3.8, 4) is 0 Å². The fraction of sp³-hybridized carbons (Fsp3) is 0.522. The molecule has 1 heterocycles. The molecule has 170 valence electrons. The zero-order valence-electron chi connectivity index (χ0n) is 17.9. The van der Waals surface area contributed by atoms with E-state index in [4.69, 9.17) is 18.9 Å². The van der Waals surface area contributed by atoms with Gasteiger partial charge in [0.25, 0.3) is 0 Å². The second-order valence-electron chi connectivity index (χ2n) is 7.57. The summed E-state index contributed by atoms with van der Waals surface area (Å²) < 4.78 is 23.3. The van der Waals surface area contributed by atoms with E-state index >= 15 is 0 Å². The third kappa shape index (κ3) is 6.05. The number of carbonyl (C=O) groups excluding carboxylic acids is 1. The van der Waals surface area contributed by atoms with Gasteiger partial charge in [-0.2, -0.15) is 0 Å². The quantitative estimate of drug-likeness (QED) is 0.307. The van der Waals surface area contributed by atoms with Crippen molar-refractivity contribution in [3.63, 3.8) is 0 Å². The summed E-state index contributed by atoms with van der Waals surface area (Å²) in [5, 5.41) is 24.7. The van der Waals surface area contributed by atoms with Crippen LogP contribution in [-0.4, -0.2) is 54.0 Å². The van der Waals surface area contributed by atoms with Crippen LogP contribution in [0, 0.1) is 0 Å². The highest BCUT2D eigenvalue weighted by Crippen LogP contribution is 2.32. The molecule has 1 aliphatic carbocycles. The summed E-state index contributed by atoms with van der Waals surface area (Å²) in [4.78, 5) is 12.4. The van der Waals surface area contributed by atoms with E-state index < -0.39 is 23.8 Å². The fourth-order valence-electron chi connectivity index (χ4n) is 3.37. The largest absolute Gasteiger partial charge is 0.491 e. The highest BCUT2D eigenvalue weighted by Gasteiger charge is 2.46. The van der Waals surface area contributed by atoms with Crippen LogP contribution in [0.4, 0.5) is 0 Å². The summed E-state index contributed by atoms with van der Waals surface area (Å²) in [7, 11) is 0. The standard InChI is InChI=1S/C23H30O7S/c1-3-8-27-15-30-21-18(24)12-23(26,22(25)28-9-4-2)13-19(21)29-14-16-5-6-20-17(11-16)7-10-31-20/h5-7,10-11,13,18,21,24,26H,3-4,8-9,12,14-15H2,1-2H3/t18-,21+,23-/m1/s1. The number of thiophene rings is 1. The van der Waals surface area contributed by atoms with Gasteiger partial charge >= 0.3 is 5.97 Å². The van der Waals surface area contributed by atoms with Gasteiger partial charge in [0.1, 0.15) is 25.3 Å².